The summed E-state index contributed by atoms with van der Waals surface area (Å²) in [5, 5.41) is 3.12. The highest BCUT2D eigenvalue weighted by atomic mass is 19.1. The van der Waals surface area contributed by atoms with Crippen molar-refractivity contribution in [1.82, 2.24) is 5.32 Å². The van der Waals surface area contributed by atoms with E-state index < -0.39 is 0 Å². The second kappa shape index (κ2) is 6.48. The van der Waals surface area contributed by atoms with Crippen LogP contribution < -0.4 is 10.1 Å². The molecule has 0 amide bonds. The second-order valence-corrected chi connectivity index (χ2v) is 3.98. The molecule has 0 radical (unpaired) electrons. The molecule has 0 unspecified atom stereocenters. The highest BCUT2D eigenvalue weighted by Crippen LogP contribution is 2.24. The van der Waals surface area contributed by atoms with E-state index in [-0.39, 0.29) is 6.67 Å². The van der Waals surface area contributed by atoms with Gasteiger partial charge in [0, 0.05) is 13.0 Å². The minimum absolute atomic E-state index is 0.323. The third-order valence-electron chi connectivity index (χ3n) is 2.43. The number of benzene rings is 1. The van der Waals surface area contributed by atoms with Gasteiger partial charge in [0.05, 0.1) is 13.3 Å². The van der Waals surface area contributed by atoms with E-state index in [0.29, 0.717) is 13.0 Å². The second-order valence-electron chi connectivity index (χ2n) is 3.98. The van der Waals surface area contributed by atoms with Gasteiger partial charge >= 0.3 is 0 Å². The van der Waals surface area contributed by atoms with Crippen LogP contribution in [0.25, 0.3) is 0 Å². The Hall–Kier alpha value is -1.09. The lowest BCUT2D eigenvalue weighted by Crippen LogP contribution is -2.07. The molecular formula is C13H20FNO. The predicted molar refractivity (Wildman–Crippen MR) is 64.8 cm³/mol. The number of rotatable bonds is 6. The smallest absolute Gasteiger partial charge is 0.125 e. The molecule has 1 N–H and O–H groups in total. The zero-order valence-electron chi connectivity index (χ0n) is 10.3. The predicted octanol–water partition coefficient (Wildman–Crippen LogP) is 2.76. The number of alkyl halides is 1. The van der Waals surface area contributed by atoms with Gasteiger partial charge in [0.2, 0.25) is 0 Å². The Labute approximate surface area is 96.8 Å². The van der Waals surface area contributed by atoms with Crippen molar-refractivity contribution < 1.29 is 9.13 Å². The van der Waals surface area contributed by atoms with Gasteiger partial charge in [0.25, 0.3) is 0 Å². The summed E-state index contributed by atoms with van der Waals surface area (Å²) in [7, 11) is 1.93. The molecule has 90 valence electrons. The fraction of sp³-hybridized carbons (Fsp3) is 0.538. The van der Waals surface area contributed by atoms with Crippen molar-refractivity contribution in [2.45, 2.75) is 26.8 Å². The molecule has 1 aromatic carbocycles. The Morgan fingerprint density at radius 2 is 1.88 bits per heavy atom. The quantitative estimate of drug-likeness (QED) is 0.752. The van der Waals surface area contributed by atoms with Crippen molar-refractivity contribution in [3.63, 3.8) is 0 Å². The van der Waals surface area contributed by atoms with Gasteiger partial charge < -0.3 is 10.1 Å². The summed E-state index contributed by atoms with van der Waals surface area (Å²) in [6.45, 7) is 5.03. The van der Waals surface area contributed by atoms with E-state index in [4.69, 9.17) is 4.74 Å². The van der Waals surface area contributed by atoms with Crippen LogP contribution in [0.1, 0.15) is 23.1 Å². The van der Waals surface area contributed by atoms with Crippen LogP contribution in [0.4, 0.5) is 4.39 Å². The first-order chi connectivity index (χ1) is 7.69. The van der Waals surface area contributed by atoms with Crippen LogP contribution in [-0.2, 0) is 6.54 Å². The topological polar surface area (TPSA) is 21.3 Å². The average molecular weight is 225 g/mol. The van der Waals surface area contributed by atoms with Gasteiger partial charge in [-0.3, -0.25) is 4.39 Å². The summed E-state index contributed by atoms with van der Waals surface area (Å²) >= 11 is 0. The fourth-order valence-electron chi connectivity index (χ4n) is 1.80. The molecule has 0 aliphatic carbocycles. The molecule has 16 heavy (non-hydrogen) atoms. The summed E-state index contributed by atoms with van der Waals surface area (Å²) in [4.78, 5) is 0. The normalized spacial score (nSPS) is 10.5. The average Bonchev–Trinajstić information content (AvgIpc) is 2.23. The molecule has 0 aliphatic rings. The van der Waals surface area contributed by atoms with E-state index in [0.717, 1.165) is 23.4 Å². The lowest BCUT2D eigenvalue weighted by atomic mass is 10.1. The number of halogens is 1. The molecule has 0 bridgehead atoms. The molecule has 0 spiro atoms. The van der Waals surface area contributed by atoms with E-state index in [1.807, 2.05) is 20.9 Å². The Bertz CT molecular complexity index is 316. The molecule has 0 aliphatic heterocycles. The molecule has 0 saturated carbocycles. The number of hydrogen-bond donors (Lipinski definition) is 1. The van der Waals surface area contributed by atoms with Gasteiger partial charge in [-0.1, -0.05) is 12.1 Å². The van der Waals surface area contributed by atoms with Crippen LogP contribution in [0.2, 0.25) is 0 Å². The van der Waals surface area contributed by atoms with E-state index in [9.17, 15) is 4.39 Å². The van der Waals surface area contributed by atoms with Gasteiger partial charge in [-0.2, -0.15) is 0 Å². The maximum absolute atomic E-state index is 12.0. The number of aryl methyl sites for hydroxylation is 2. The molecule has 0 fully saturated rings. The zero-order chi connectivity index (χ0) is 12.0. The Morgan fingerprint density at radius 3 is 2.38 bits per heavy atom. The maximum atomic E-state index is 12.0. The fourth-order valence-corrected chi connectivity index (χ4v) is 1.80. The van der Waals surface area contributed by atoms with Crippen molar-refractivity contribution in [2.75, 3.05) is 20.3 Å². The van der Waals surface area contributed by atoms with Crippen LogP contribution in [0, 0.1) is 13.8 Å². The number of nitrogens with one attached hydrogen (secondary N) is 1. The van der Waals surface area contributed by atoms with Crippen LogP contribution in [0.15, 0.2) is 12.1 Å². The lowest BCUT2D eigenvalue weighted by Gasteiger charge is -2.13. The van der Waals surface area contributed by atoms with Crippen LogP contribution in [-0.4, -0.2) is 20.3 Å². The maximum Gasteiger partial charge on any atom is 0.125 e. The third kappa shape index (κ3) is 3.49. The molecule has 0 saturated heterocycles. The van der Waals surface area contributed by atoms with E-state index in [1.54, 1.807) is 0 Å². The van der Waals surface area contributed by atoms with Crippen LogP contribution in [0.3, 0.4) is 0 Å². The SMILES string of the molecule is CNCc1cc(C)c(OCCCF)c(C)c1. The first-order valence-electron chi connectivity index (χ1n) is 5.62. The summed E-state index contributed by atoms with van der Waals surface area (Å²) in [5.74, 6) is 0.897. The highest BCUT2D eigenvalue weighted by molar-refractivity contribution is 5.43. The molecule has 2 nitrogen and oxygen atoms in total. The van der Waals surface area contributed by atoms with Gasteiger partial charge in [-0.25, -0.2) is 0 Å². The van der Waals surface area contributed by atoms with Crippen molar-refractivity contribution >= 4 is 0 Å². The number of ether oxygens (including phenoxy) is 1. The lowest BCUT2D eigenvalue weighted by molar-refractivity contribution is 0.286. The minimum atomic E-state index is -0.323. The molecule has 0 heterocycles. The third-order valence-corrected chi connectivity index (χ3v) is 2.43. The minimum Gasteiger partial charge on any atom is -0.493 e. The van der Waals surface area contributed by atoms with Crippen LogP contribution in [0.5, 0.6) is 5.75 Å². The first-order valence-corrected chi connectivity index (χ1v) is 5.62. The van der Waals surface area contributed by atoms with Gasteiger partial charge in [0.15, 0.2) is 0 Å². The summed E-state index contributed by atoms with van der Waals surface area (Å²) < 4.78 is 17.6. The summed E-state index contributed by atoms with van der Waals surface area (Å²) in [6.07, 6.45) is 0.456. The van der Waals surface area contributed by atoms with E-state index in [2.05, 4.69) is 17.4 Å². The molecule has 3 heteroatoms. The molecule has 1 rings (SSSR count). The molecular weight excluding hydrogens is 205 g/mol. The van der Waals surface area contributed by atoms with Crippen molar-refractivity contribution in [3.05, 3.63) is 28.8 Å². The van der Waals surface area contributed by atoms with Gasteiger partial charge in [0.1, 0.15) is 5.75 Å². The molecule has 0 aromatic heterocycles. The summed E-state index contributed by atoms with van der Waals surface area (Å²) in [6, 6.07) is 4.21. The summed E-state index contributed by atoms with van der Waals surface area (Å²) in [5.41, 5.74) is 3.48. The molecule has 0 atom stereocenters. The number of hydrogen-bond acceptors (Lipinski definition) is 2. The van der Waals surface area contributed by atoms with Gasteiger partial charge in [-0.15, -0.1) is 0 Å². The Balaban J connectivity index is 2.77. The molecule has 1 aromatic rings. The largest absolute Gasteiger partial charge is 0.493 e. The van der Waals surface area contributed by atoms with Crippen molar-refractivity contribution in [1.29, 1.82) is 0 Å². The Morgan fingerprint density at radius 1 is 1.25 bits per heavy atom. The standard InChI is InChI=1S/C13H20FNO/c1-10-7-12(9-15-3)8-11(2)13(10)16-6-4-5-14/h7-8,15H,4-6,9H2,1-3H3. The van der Waals surface area contributed by atoms with Gasteiger partial charge in [-0.05, 0) is 37.6 Å². The van der Waals surface area contributed by atoms with Crippen molar-refractivity contribution in [2.24, 2.45) is 0 Å². The van der Waals surface area contributed by atoms with Crippen LogP contribution >= 0.6 is 0 Å². The monoisotopic (exact) mass is 225 g/mol. The first kappa shape index (κ1) is 13.0. The Kier molecular flexibility index (Phi) is 5.26. The highest BCUT2D eigenvalue weighted by Gasteiger charge is 2.06. The van der Waals surface area contributed by atoms with Crippen molar-refractivity contribution in [3.8, 4) is 5.75 Å². The zero-order valence-corrected chi connectivity index (χ0v) is 10.3. The van der Waals surface area contributed by atoms with E-state index in [1.165, 1.54) is 5.56 Å². The van der Waals surface area contributed by atoms with E-state index >= 15 is 0 Å².